The fourth-order valence-corrected chi connectivity index (χ4v) is 4.03. The summed E-state index contributed by atoms with van der Waals surface area (Å²) in [6.07, 6.45) is 6.00. The van der Waals surface area contributed by atoms with E-state index in [0.29, 0.717) is 12.2 Å². The van der Waals surface area contributed by atoms with E-state index >= 15 is 0 Å². The highest BCUT2D eigenvalue weighted by Crippen LogP contribution is 2.35. The van der Waals surface area contributed by atoms with Crippen molar-refractivity contribution in [2.75, 3.05) is 19.7 Å². The van der Waals surface area contributed by atoms with Gasteiger partial charge < -0.3 is 14.6 Å². The highest BCUT2D eigenvalue weighted by Gasteiger charge is 2.43. The first-order valence-corrected chi connectivity index (χ1v) is 9.09. The normalized spacial score (nSPS) is 26.5. The van der Waals surface area contributed by atoms with Gasteiger partial charge in [0.1, 0.15) is 5.76 Å². The van der Waals surface area contributed by atoms with E-state index in [1.54, 1.807) is 17.1 Å². The van der Waals surface area contributed by atoms with Crippen molar-refractivity contribution < 1.29 is 14.1 Å². The minimum absolute atomic E-state index is 0.0620. The fourth-order valence-electron chi connectivity index (χ4n) is 4.03. The molecular weight excluding hydrogens is 334 g/mol. The molecule has 2 aromatic rings. The van der Waals surface area contributed by atoms with Gasteiger partial charge in [-0.2, -0.15) is 5.10 Å². The van der Waals surface area contributed by atoms with E-state index in [1.165, 1.54) is 0 Å². The summed E-state index contributed by atoms with van der Waals surface area (Å²) in [5, 5.41) is 11.3. The Hall–Kier alpha value is -2.19. The molecule has 8 nitrogen and oxygen atoms in total. The van der Waals surface area contributed by atoms with Crippen LogP contribution in [0.2, 0.25) is 0 Å². The van der Waals surface area contributed by atoms with Crippen LogP contribution in [0.4, 0.5) is 0 Å². The zero-order chi connectivity index (χ0) is 18.1. The molecule has 0 saturated carbocycles. The van der Waals surface area contributed by atoms with Crippen molar-refractivity contribution in [3.63, 3.8) is 0 Å². The molecule has 0 bridgehead atoms. The number of hydrogen-bond acceptors (Lipinski definition) is 6. The Morgan fingerprint density at radius 1 is 1.50 bits per heavy atom. The third-order valence-electron chi connectivity index (χ3n) is 5.25. The summed E-state index contributed by atoms with van der Waals surface area (Å²) in [5.41, 5.74) is 1.38. The SMILES string of the molecule is Cc1cc(CN2CC[C@]3(C[C@@H](NC(=O)c4cnn(C)c4)CCO3)C2)no1. The number of nitrogens with one attached hydrogen (secondary N) is 1. The summed E-state index contributed by atoms with van der Waals surface area (Å²) in [4.78, 5) is 14.8. The number of amides is 1. The van der Waals surface area contributed by atoms with Gasteiger partial charge in [0.05, 0.1) is 23.1 Å². The maximum atomic E-state index is 12.4. The van der Waals surface area contributed by atoms with Crippen LogP contribution in [-0.4, -0.2) is 57.1 Å². The molecule has 2 aliphatic heterocycles. The van der Waals surface area contributed by atoms with Gasteiger partial charge in [0.2, 0.25) is 0 Å². The van der Waals surface area contributed by atoms with Gasteiger partial charge in [0.15, 0.2) is 0 Å². The predicted molar refractivity (Wildman–Crippen MR) is 93.5 cm³/mol. The Morgan fingerprint density at radius 3 is 3.12 bits per heavy atom. The van der Waals surface area contributed by atoms with Crippen molar-refractivity contribution >= 4 is 5.91 Å². The van der Waals surface area contributed by atoms with Crippen molar-refractivity contribution in [3.8, 4) is 0 Å². The molecule has 4 rings (SSSR count). The standard InChI is InChI=1S/C18H25N5O3/c1-13-7-16(21-26-13)11-23-5-4-18(12-23)8-15(3-6-25-18)20-17(24)14-9-19-22(2)10-14/h7,9-10,15H,3-6,8,11-12H2,1-2H3,(H,20,24)/t15-,18-/m0/s1. The second-order valence-electron chi connectivity index (χ2n) is 7.49. The Morgan fingerprint density at radius 2 is 2.38 bits per heavy atom. The monoisotopic (exact) mass is 359 g/mol. The third-order valence-corrected chi connectivity index (χ3v) is 5.25. The minimum Gasteiger partial charge on any atom is -0.373 e. The van der Waals surface area contributed by atoms with Crippen molar-refractivity contribution in [1.29, 1.82) is 0 Å². The number of hydrogen-bond donors (Lipinski definition) is 1. The Bertz CT molecular complexity index is 785. The molecule has 2 aromatic heterocycles. The van der Waals surface area contributed by atoms with Crippen LogP contribution in [0.1, 0.15) is 41.1 Å². The maximum Gasteiger partial charge on any atom is 0.254 e. The number of likely N-dealkylation sites (tertiary alicyclic amines) is 1. The highest BCUT2D eigenvalue weighted by atomic mass is 16.5. The van der Waals surface area contributed by atoms with E-state index in [-0.39, 0.29) is 17.6 Å². The fraction of sp³-hybridized carbons (Fsp3) is 0.611. The zero-order valence-corrected chi connectivity index (χ0v) is 15.3. The molecule has 0 unspecified atom stereocenters. The van der Waals surface area contributed by atoms with Crippen molar-refractivity contribution in [3.05, 3.63) is 35.5 Å². The zero-order valence-electron chi connectivity index (χ0n) is 15.3. The van der Waals surface area contributed by atoms with Crippen LogP contribution in [0.5, 0.6) is 0 Å². The lowest BCUT2D eigenvalue weighted by molar-refractivity contribution is -0.0793. The number of nitrogens with zero attached hydrogens (tertiary/aromatic N) is 4. The van der Waals surface area contributed by atoms with Crippen LogP contribution in [0.25, 0.3) is 0 Å². The molecule has 0 aliphatic carbocycles. The van der Waals surface area contributed by atoms with Crippen LogP contribution in [-0.2, 0) is 18.3 Å². The first-order valence-electron chi connectivity index (χ1n) is 9.09. The van der Waals surface area contributed by atoms with Crippen LogP contribution in [0.3, 0.4) is 0 Å². The topological polar surface area (TPSA) is 85.4 Å². The molecule has 2 saturated heterocycles. The van der Waals surface area contributed by atoms with Crippen molar-refractivity contribution in [1.82, 2.24) is 25.2 Å². The molecule has 1 N–H and O–H groups in total. The van der Waals surface area contributed by atoms with E-state index in [1.807, 2.05) is 20.0 Å². The molecule has 1 spiro atoms. The molecule has 2 fully saturated rings. The lowest BCUT2D eigenvalue weighted by Crippen LogP contribution is -2.49. The summed E-state index contributed by atoms with van der Waals surface area (Å²) in [7, 11) is 1.81. The van der Waals surface area contributed by atoms with Gasteiger partial charge >= 0.3 is 0 Å². The number of carbonyl (C=O) groups excluding carboxylic acids is 1. The van der Waals surface area contributed by atoms with Crippen LogP contribution < -0.4 is 5.32 Å². The third kappa shape index (κ3) is 3.66. The second-order valence-corrected chi connectivity index (χ2v) is 7.49. The van der Waals surface area contributed by atoms with Crippen molar-refractivity contribution in [2.24, 2.45) is 7.05 Å². The number of rotatable bonds is 4. The van der Waals surface area contributed by atoms with E-state index in [2.05, 4.69) is 20.5 Å². The summed E-state index contributed by atoms with van der Waals surface area (Å²) >= 11 is 0. The first kappa shape index (κ1) is 17.2. The molecule has 2 atom stereocenters. The molecule has 0 radical (unpaired) electrons. The molecule has 1 amide bonds. The number of ether oxygens (including phenoxy) is 1. The van der Waals surface area contributed by atoms with E-state index in [0.717, 1.165) is 50.4 Å². The van der Waals surface area contributed by atoms with Gasteiger partial charge in [-0.05, 0) is 26.2 Å². The predicted octanol–water partition coefficient (Wildman–Crippen LogP) is 1.27. The van der Waals surface area contributed by atoms with Gasteiger partial charge in [-0.3, -0.25) is 14.4 Å². The van der Waals surface area contributed by atoms with E-state index in [4.69, 9.17) is 9.26 Å². The van der Waals surface area contributed by atoms with Crippen LogP contribution >= 0.6 is 0 Å². The summed E-state index contributed by atoms with van der Waals surface area (Å²) in [5.74, 6) is 0.772. The number of aryl methyl sites for hydroxylation is 2. The Labute approximate surface area is 152 Å². The Kier molecular flexibility index (Phi) is 4.54. The largest absolute Gasteiger partial charge is 0.373 e. The molecule has 2 aliphatic rings. The molecule has 140 valence electrons. The van der Waals surface area contributed by atoms with Gasteiger partial charge in [-0.15, -0.1) is 0 Å². The molecular formula is C18H25N5O3. The van der Waals surface area contributed by atoms with Gasteiger partial charge in [-0.25, -0.2) is 0 Å². The lowest BCUT2D eigenvalue weighted by atomic mass is 9.89. The number of aromatic nitrogens is 3. The Balaban J connectivity index is 1.35. The summed E-state index contributed by atoms with van der Waals surface area (Å²) in [6, 6.07) is 2.11. The minimum atomic E-state index is -0.177. The summed E-state index contributed by atoms with van der Waals surface area (Å²) < 4.78 is 13.0. The van der Waals surface area contributed by atoms with Gasteiger partial charge in [0, 0.05) is 51.6 Å². The van der Waals surface area contributed by atoms with E-state index < -0.39 is 0 Å². The second kappa shape index (κ2) is 6.85. The quantitative estimate of drug-likeness (QED) is 0.885. The van der Waals surface area contributed by atoms with Crippen LogP contribution in [0.15, 0.2) is 23.0 Å². The van der Waals surface area contributed by atoms with E-state index in [9.17, 15) is 4.79 Å². The molecule has 0 aromatic carbocycles. The average molecular weight is 359 g/mol. The van der Waals surface area contributed by atoms with Gasteiger partial charge in [0.25, 0.3) is 5.91 Å². The number of carbonyl (C=O) groups is 1. The van der Waals surface area contributed by atoms with Crippen molar-refractivity contribution in [2.45, 2.75) is 44.4 Å². The maximum absolute atomic E-state index is 12.4. The first-order chi connectivity index (χ1) is 12.5. The van der Waals surface area contributed by atoms with Crippen LogP contribution in [0, 0.1) is 6.92 Å². The summed E-state index contributed by atoms with van der Waals surface area (Å²) in [6.45, 7) is 5.18. The average Bonchev–Trinajstić information content (AvgIpc) is 3.30. The van der Waals surface area contributed by atoms with Gasteiger partial charge in [-0.1, -0.05) is 5.16 Å². The highest BCUT2D eigenvalue weighted by molar-refractivity contribution is 5.93. The lowest BCUT2D eigenvalue weighted by Gasteiger charge is -2.38. The molecule has 8 heteroatoms. The smallest absolute Gasteiger partial charge is 0.254 e. The molecule has 4 heterocycles. The molecule has 26 heavy (non-hydrogen) atoms.